The van der Waals surface area contributed by atoms with Gasteiger partial charge in [0.25, 0.3) is 5.91 Å². The molecule has 120 valence electrons. The molecule has 0 unspecified atom stereocenters. The second-order valence-electron chi connectivity index (χ2n) is 6.27. The highest BCUT2D eigenvalue weighted by Gasteiger charge is 2.26. The number of nitrogens with one attached hydrogen (secondary N) is 1. The predicted molar refractivity (Wildman–Crippen MR) is 82.6 cm³/mol. The average Bonchev–Trinajstić information content (AvgIpc) is 3.37. The van der Waals surface area contributed by atoms with E-state index in [4.69, 9.17) is 4.74 Å². The molecule has 1 heterocycles. The van der Waals surface area contributed by atoms with Crippen molar-refractivity contribution in [1.29, 1.82) is 0 Å². The summed E-state index contributed by atoms with van der Waals surface area (Å²) in [5, 5.41) is 3.59. The van der Waals surface area contributed by atoms with Crippen molar-refractivity contribution < 1.29 is 13.9 Å². The van der Waals surface area contributed by atoms with Crippen molar-refractivity contribution in [3.63, 3.8) is 0 Å². The second-order valence-corrected chi connectivity index (χ2v) is 6.27. The van der Waals surface area contributed by atoms with Gasteiger partial charge in [0.1, 0.15) is 0 Å². The van der Waals surface area contributed by atoms with Crippen LogP contribution in [0.5, 0.6) is 5.75 Å². The van der Waals surface area contributed by atoms with Crippen LogP contribution in [0, 0.1) is 11.7 Å². The Morgan fingerprint density at radius 2 is 2.05 bits per heavy atom. The Morgan fingerprint density at radius 3 is 2.64 bits per heavy atom. The van der Waals surface area contributed by atoms with E-state index in [1.54, 1.807) is 6.07 Å². The van der Waals surface area contributed by atoms with Crippen LogP contribution in [0.25, 0.3) is 0 Å². The first-order valence-corrected chi connectivity index (χ1v) is 8.03. The smallest absolute Gasteiger partial charge is 0.253 e. The van der Waals surface area contributed by atoms with Crippen LogP contribution in [0.1, 0.15) is 36.0 Å². The van der Waals surface area contributed by atoms with E-state index in [2.05, 4.69) is 5.32 Å². The molecule has 0 spiro atoms. The van der Waals surface area contributed by atoms with Crippen molar-refractivity contribution in [3.8, 4) is 5.75 Å². The number of carbonyl (C=O) groups excluding carboxylic acids is 1. The van der Waals surface area contributed by atoms with Crippen LogP contribution in [-0.4, -0.2) is 43.6 Å². The average molecular weight is 306 g/mol. The van der Waals surface area contributed by atoms with Gasteiger partial charge in [0.15, 0.2) is 11.6 Å². The number of methoxy groups -OCH3 is 1. The molecule has 4 nitrogen and oxygen atoms in total. The number of nitrogens with zero attached hydrogens (tertiary/aromatic N) is 1. The molecule has 3 rings (SSSR count). The predicted octanol–water partition coefficient (Wildman–Crippen LogP) is 2.44. The van der Waals surface area contributed by atoms with Crippen molar-refractivity contribution in [3.05, 3.63) is 29.6 Å². The normalized spacial score (nSPS) is 19.3. The largest absolute Gasteiger partial charge is 0.494 e. The standard InChI is InChI=1S/C17H23FN2O2/c1-22-16-5-4-13(10-15(16)18)17(21)20-8-6-14(7-9-20)19-11-12-2-3-12/h4-5,10,12,14,19H,2-3,6-9,11H2,1H3. The van der Waals surface area contributed by atoms with E-state index in [-0.39, 0.29) is 11.7 Å². The Morgan fingerprint density at radius 1 is 1.32 bits per heavy atom. The Kier molecular flexibility index (Phi) is 4.62. The van der Waals surface area contributed by atoms with Crippen LogP contribution in [0.3, 0.4) is 0 Å². The number of amides is 1. The molecule has 2 aliphatic rings. The zero-order chi connectivity index (χ0) is 15.5. The lowest BCUT2D eigenvalue weighted by atomic mass is 10.0. The molecular formula is C17H23FN2O2. The highest BCUT2D eigenvalue weighted by molar-refractivity contribution is 5.94. The van der Waals surface area contributed by atoms with Gasteiger partial charge in [-0.15, -0.1) is 0 Å². The van der Waals surface area contributed by atoms with Crippen molar-refractivity contribution >= 4 is 5.91 Å². The molecule has 5 heteroatoms. The summed E-state index contributed by atoms with van der Waals surface area (Å²) in [5.74, 6) is 0.456. The van der Waals surface area contributed by atoms with Gasteiger partial charge >= 0.3 is 0 Å². The summed E-state index contributed by atoms with van der Waals surface area (Å²) in [6.07, 6.45) is 4.65. The summed E-state index contributed by atoms with van der Waals surface area (Å²) in [7, 11) is 1.42. The van der Waals surface area contributed by atoms with Gasteiger partial charge in [0, 0.05) is 24.7 Å². The summed E-state index contributed by atoms with van der Waals surface area (Å²) in [6, 6.07) is 4.91. The molecule has 1 amide bonds. The molecule has 1 aliphatic heterocycles. The van der Waals surface area contributed by atoms with Gasteiger partial charge in [-0.1, -0.05) is 0 Å². The lowest BCUT2D eigenvalue weighted by Gasteiger charge is -2.32. The van der Waals surface area contributed by atoms with Crippen LogP contribution >= 0.6 is 0 Å². The first-order chi connectivity index (χ1) is 10.7. The molecular weight excluding hydrogens is 283 g/mol. The number of hydrogen-bond donors (Lipinski definition) is 1. The molecule has 0 atom stereocenters. The summed E-state index contributed by atoms with van der Waals surface area (Å²) in [4.78, 5) is 14.2. The zero-order valence-electron chi connectivity index (χ0n) is 13.0. The summed E-state index contributed by atoms with van der Waals surface area (Å²) in [6.45, 7) is 2.58. The van der Waals surface area contributed by atoms with Crippen molar-refractivity contribution in [2.45, 2.75) is 31.7 Å². The maximum atomic E-state index is 13.7. The fraction of sp³-hybridized carbons (Fsp3) is 0.588. The third kappa shape index (κ3) is 3.58. The molecule has 2 fully saturated rings. The van der Waals surface area contributed by atoms with Crippen molar-refractivity contribution in [2.75, 3.05) is 26.7 Å². The van der Waals surface area contributed by atoms with E-state index in [0.29, 0.717) is 11.6 Å². The topological polar surface area (TPSA) is 41.6 Å². The maximum absolute atomic E-state index is 13.7. The third-order valence-electron chi connectivity index (χ3n) is 4.57. The minimum atomic E-state index is -0.491. The number of benzene rings is 1. The monoisotopic (exact) mass is 306 g/mol. The summed E-state index contributed by atoms with van der Waals surface area (Å²) < 4.78 is 18.6. The lowest BCUT2D eigenvalue weighted by molar-refractivity contribution is 0.0704. The van der Waals surface area contributed by atoms with E-state index in [0.717, 1.165) is 38.4 Å². The molecule has 1 aromatic carbocycles. The summed E-state index contributed by atoms with van der Waals surface area (Å²) >= 11 is 0. The van der Waals surface area contributed by atoms with Gasteiger partial charge in [0.2, 0.25) is 0 Å². The first kappa shape index (κ1) is 15.3. The van der Waals surface area contributed by atoms with Gasteiger partial charge in [-0.25, -0.2) is 4.39 Å². The number of ether oxygens (including phenoxy) is 1. The number of piperidine rings is 1. The Labute approximate surface area is 130 Å². The fourth-order valence-corrected chi connectivity index (χ4v) is 2.92. The fourth-order valence-electron chi connectivity index (χ4n) is 2.92. The quantitative estimate of drug-likeness (QED) is 0.908. The van der Waals surface area contributed by atoms with Crippen LogP contribution in [0.2, 0.25) is 0 Å². The lowest BCUT2D eigenvalue weighted by Crippen LogP contribution is -2.45. The van der Waals surface area contributed by atoms with Crippen molar-refractivity contribution in [1.82, 2.24) is 10.2 Å². The number of likely N-dealkylation sites (tertiary alicyclic amines) is 1. The Hall–Kier alpha value is -1.62. The number of hydrogen-bond acceptors (Lipinski definition) is 3. The zero-order valence-corrected chi connectivity index (χ0v) is 13.0. The minimum absolute atomic E-state index is 0.0952. The van der Waals surface area contributed by atoms with E-state index < -0.39 is 5.82 Å². The van der Waals surface area contributed by atoms with Gasteiger partial charge < -0.3 is 15.0 Å². The van der Waals surface area contributed by atoms with E-state index in [1.807, 2.05) is 4.90 Å². The molecule has 1 saturated heterocycles. The Bertz CT molecular complexity index is 537. The van der Waals surface area contributed by atoms with Crippen LogP contribution in [0.15, 0.2) is 18.2 Å². The molecule has 0 radical (unpaired) electrons. The number of halogens is 1. The first-order valence-electron chi connectivity index (χ1n) is 8.03. The third-order valence-corrected chi connectivity index (χ3v) is 4.57. The maximum Gasteiger partial charge on any atom is 0.253 e. The van der Waals surface area contributed by atoms with Crippen LogP contribution in [-0.2, 0) is 0 Å². The van der Waals surface area contributed by atoms with Crippen LogP contribution in [0.4, 0.5) is 4.39 Å². The van der Waals surface area contributed by atoms with E-state index in [1.165, 1.54) is 32.1 Å². The van der Waals surface area contributed by atoms with E-state index >= 15 is 0 Å². The highest BCUT2D eigenvalue weighted by atomic mass is 19.1. The number of carbonyl (C=O) groups is 1. The second kappa shape index (κ2) is 6.65. The molecule has 1 saturated carbocycles. The summed E-state index contributed by atoms with van der Waals surface area (Å²) in [5.41, 5.74) is 0.391. The van der Waals surface area contributed by atoms with Gasteiger partial charge in [-0.3, -0.25) is 4.79 Å². The van der Waals surface area contributed by atoms with Gasteiger partial charge in [-0.2, -0.15) is 0 Å². The molecule has 1 aliphatic carbocycles. The van der Waals surface area contributed by atoms with Gasteiger partial charge in [0.05, 0.1) is 7.11 Å². The minimum Gasteiger partial charge on any atom is -0.494 e. The highest BCUT2D eigenvalue weighted by Crippen LogP contribution is 2.28. The van der Waals surface area contributed by atoms with Crippen LogP contribution < -0.4 is 10.1 Å². The van der Waals surface area contributed by atoms with E-state index in [9.17, 15) is 9.18 Å². The Balaban J connectivity index is 1.53. The number of rotatable bonds is 5. The van der Waals surface area contributed by atoms with Crippen molar-refractivity contribution in [2.24, 2.45) is 5.92 Å². The molecule has 0 aromatic heterocycles. The molecule has 1 N–H and O–H groups in total. The molecule has 22 heavy (non-hydrogen) atoms. The molecule has 1 aromatic rings. The molecule has 0 bridgehead atoms. The van der Waals surface area contributed by atoms with Gasteiger partial charge in [-0.05, 0) is 56.3 Å². The SMILES string of the molecule is COc1ccc(C(=O)N2CCC(NCC3CC3)CC2)cc1F.